The van der Waals surface area contributed by atoms with Gasteiger partial charge in [-0.15, -0.1) is 11.3 Å². The molecule has 1 aromatic carbocycles. The number of rotatable bonds is 6. The Labute approximate surface area is 219 Å². The van der Waals surface area contributed by atoms with Crippen LogP contribution in [0.4, 0.5) is 4.79 Å². The fourth-order valence-corrected chi connectivity index (χ4v) is 5.60. The highest BCUT2D eigenvalue weighted by molar-refractivity contribution is 7.09. The Hall–Kier alpha value is -3.92. The lowest BCUT2D eigenvalue weighted by atomic mass is 9.97. The largest absolute Gasteiger partial charge is 0.508 e. The zero-order valence-electron chi connectivity index (χ0n) is 20.3. The first-order valence-electron chi connectivity index (χ1n) is 12.3. The van der Waals surface area contributed by atoms with E-state index in [2.05, 4.69) is 10.3 Å². The molecule has 192 valence electrons. The van der Waals surface area contributed by atoms with Gasteiger partial charge in [0.05, 0.1) is 19.0 Å². The van der Waals surface area contributed by atoms with Gasteiger partial charge in [0, 0.05) is 43.3 Å². The lowest BCUT2D eigenvalue weighted by Crippen LogP contribution is -2.62. The lowest BCUT2D eigenvalue weighted by Gasteiger charge is -2.43. The van der Waals surface area contributed by atoms with Crippen LogP contribution < -0.4 is 5.32 Å². The van der Waals surface area contributed by atoms with E-state index in [9.17, 15) is 19.5 Å². The van der Waals surface area contributed by atoms with E-state index in [1.165, 1.54) is 0 Å². The van der Waals surface area contributed by atoms with Crippen molar-refractivity contribution >= 4 is 29.2 Å². The number of pyridine rings is 1. The first-order valence-corrected chi connectivity index (χ1v) is 13.2. The third kappa shape index (κ3) is 5.75. The number of amides is 4. The van der Waals surface area contributed by atoms with E-state index in [0.29, 0.717) is 26.1 Å². The van der Waals surface area contributed by atoms with Gasteiger partial charge in [-0.25, -0.2) is 4.79 Å². The van der Waals surface area contributed by atoms with Crippen LogP contribution in [0.15, 0.2) is 66.3 Å². The molecule has 2 fully saturated rings. The number of carbonyl (C=O) groups is 3. The van der Waals surface area contributed by atoms with Crippen LogP contribution >= 0.6 is 11.3 Å². The molecule has 1 unspecified atom stereocenters. The molecule has 2 N–H and O–H groups in total. The van der Waals surface area contributed by atoms with Crippen LogP contribution in [-0.4, -0.2) is 68.4 Å². The molecule has 0 aliphatic carbocycles. The number of nitrogens with zero attached hydrogens (tertiary/aromatic N) is 4. The number of nitrogens with one attached hydrogen (secondary N) is 1. The Bertz CT molecular complexity index is 1240. The van der Waals surface area contributed by atoms with Gasteiger partial charge in [-0.05, 0) is 53.3 Å². The van der Waals surface area contributed by atoms with Crippen molar-refractivity contribution in [3.05, 3.63) is 82.3 Å². The van der Waals surface area contributed by atoms with E-state index < -0.39 is 12.1 Å². The highest BCUT2D eigenvalue weighted by atomic mass is 32.1. The third-order valence-electron chi connectivity index (χ3n) is 6.86. The molecule has 4 heterocycles. The normalized spacial score (nSPS) is 19.9. The van der Waals surface area contributed by atoms with Gasteiger partial charge in [-0.1, -0.05) is 18.2 Å². The predicted molar refractivity (Wildman–Crippen MR) is 138 cm³/mol. The molecule has 0 spiro atoms. The topological polar surface area (TPSA) is 106 Å². The number of phenolic OH excluding ortho intramolecular Hbond substituents is 1. The average molecular weight is 520 g/mol. The minimum atomic E-state index is -0.555. The summed E-state index contributed by atoms with van der Waals surface area (Å²) in [4.78, 5) is 50.5. The summed E-state index contributed by atoms with van der Waals surface area (Å²) in [5, 5.41) is 14.6. The van der Waals surface area contributed by atoms with Crippen molar-refractivity contribution in [2.24, 2.45) is 5.92 Å². The van der Waals surface area contributed by atoms with Crippen molar-refractivity contribution in [1.82, 2.24) is 25.0 Å². The van der Waals surface area contributed by atoms with Crippen molar-refractivity contribution in [3.8, 4) is 5.75 Å². The van der Waals surface area contributed by atoms with Crippen molar-refractivity contribution in [3.63, 3.8) is 0 Å². The predicted octanol–water partition coefficient (Wildman–Crippen LogP) is 2.82. The maximum absolute atomic E-state index is 13.8. The highest BCUT2D eigenvalue weighted by Crippen LogP contribution is 2.27. The molecule has 9 nitrogen and oxygen atoms in total. The molecule has 5 rings (SSSR count). The summed E-state index contributed by atoms with van der Waals surface area (Å²) in [7, 11) is 0. The highest BCUT2D eigenvalue weighted by Gasteiger charge is 2.43. The summed E-state index contributed by atoms with van der Waals surface area (Å²) in [6, 6.07) is 14.2. The Morgan fingerprint density at radius 2 is 1.84 bits per heavy atom. The molecule has 3 aromatic rings. The van der Waals surface area contributed by atoms with Crippen LogP contribution in [0.1, 0.15) is 22.4 Å². The second kappa shape index (κ2) is 11.0. The number of thiophene rings is 1. The monoisotopic (exact) mass is 519 g/mol. The number of fused-ring (bicyclic) bond motifs is 1. The van der Waals surface area contributed by atoms with Gasteiger partial charge in [-0.2, -0.15) is 0 Å². The first-order chi connectivity index (χ1) is 18.0. The van der Waals surface area contributed by atoms with Gasteiger partial charge in [0.2, 0.25) is 11.8 Å². The molecule has 0 radical (unpaired) electrons. The molecule has 4 amide bonds. The Morgan fingerprint density at radius 1 is 1.05 bits per heavy atom. The zero-order chi connectivity index (χ0) is 25.8. The SMILES string of the molecule is O=C1[C@H](Cc2ccc(O)cc2)CN2C(=O)CCN(C(=O)NCc3cccs3)C2CN1Cc1ccncc1. The molecule has 0 saturated carbocycles. The molecule has 2 aromatic heterocycles. The average Bonchev–Trinajstić information content (AvgIpc) is 3.39. The van der Waals surface area contributed by atoms with Crippen molar-refractivity contribution in [2.75, 3.05) is 19.6 Å². The lowest BCUT2D eigenvalue weighted by molar-refractivity contribution is -0.142. The van der Waals surface area contributed by atoms with Gasteiger partial charge in [0.15, 0.2) is 0 Å². The van der Waals surface area contributed by atoms with Crippen molar-refractivity contribution in [1.29, 1.82) is 0 Å². The van der Waals surface area contributed by atoms with Gasteiger partial charge in [0.25, 0.3) is 0 Å². The number of hydrogen-bond donors (Lipinski definition) is 2. The number of benzene rings is 1. The molecular formula is C27H29N5O4S. The minimum Gasteiger partial charge on any atom is -0.508 e. The number of aromatic hydroxyl groups is 1. The van der Waals surface area contributed by atoms with E-state index in [0.717, 1.165) is 16.0 Å². The van der Waals surface area contributed by atoms with Crippen LogP contribution in [0.25, 0.3) is 0 Å². The van der Waals surface area contributed by atoms with Gasteiger partial charge >= 0.3 is 6.03 Å². The molecule has 2 atom stereocenters. The second-order valence-corrected chi connectivity index (χ2v) is 10.4. The van der Waals surface area contributed by atoms with E-state index in [-0.39, 0.29) is 43.1 Å². The fourth-order valence-electron chi connectivity index (χ4n) is 4.96. The quantitative estimate of drug-likeness (QED) is 0.521. The van der Waals surface area contributed by atoms with E-state index >= 15 is 0 Å². The number of carbonyl (C=O) groups excluding carboxylic acids is 3. The summed E-state index contributed by atoms with van der Waals surface area (Å²) in [6.45, 7) is 1.53. The van der Waals surface area contributed by atoms with Crippen LogP contribution in [0.2, 0.25) is 0 Å². The summed E-state index contributed by atoms with van der Waals surface area (Å²) in [6.07, 6.45) is 3.46. The molecule has 0 bridgehead atoms. The zero-order valence-corrected chi connectivity index (χ0v) is 21.1. The van der Waals surface area contributed by atoms with Gasteiger partial charge in [0.1, 0.15) is 11.9 Å². The Morgan fingerprint density at radius 3 is 2.57 bits per heavy atom. The smallest absolute Gasteiger partial charge is 0.319 e. The number of urea groups is 1. The number of aromatic nitrogens is 1. The second-order valence-electron chi connectivity index (χ2n) is 9.35. The molecule has 2 aliphatic heterocycles. The van der Waals surface area contributed by atoms with Crippen LogP contribution in [0.3, 0.4) is 0 Å². The van der Waals surface area contributed by atoms with E-state index in [1.807, 2.05) is 29.6 Å². The summed E-state index contributed by atoms with van der Waals surface area (Å²) >= 11 is 1.57. The standard InChI is InChI=1S/C27H29N5O4S/c33-22-5-3-19(4-6-22)14-21-17-32-24(18-30(26(21)35)16-20-7-10-28-11-8-20)31(12-9-25(32)34)27(36)29-15-23-2-1-13-37-23/h1-8,10-11,13,21,24,33H,9,12,14-18H2,(H,29,36)/t21-,24?/m1/s1. The molecular weight excluding hydrogens is 490 g/mol. The minimum absolute atomic E-state index is 0.0541. The number of hydrogen-bond acceptors (Lipinski definition) is 6. The van der Waals surface area contributed by atoms with Gasteiger partial charge in [-0.3, -0.25) is 14.6 Å². The molecule has 10 heteroatoms. The van der Waals surface area contributed by atoms with Crippen LogP contribution in [0.5, 0.6) is 5.75 Å². The van der Waals surface area contributed by atoms with Crippen molar-refractivity contribution in [2.45, 2.75) is 32.1 Å². The summed E-state index contributed by atoms with van der Waals surface area (Å²) in [5.74, 6) is -0.437. The van der Waals surface area contributed by atoms with Crippen LogP contribution in [-0.2, 0) is 29.1 Å². The molecule has 2 saturated heterocycles. The molecule has 2 aliphatic rings. The van der Waals surface area contributed by atoms with Gasteiger partial charge < -0.3 is 25.1 Å². The van der Waals surface area contributed by atoms with E-state index in [4.69, 9.17) is 0 Å². The number of phenols is 1. The summed E-state index contributed by atoms with van der Waals surface area (Å²) < 4.78 is 0. The maximum atomic E-state index is 13.8. The summed E-state index contributed by atoms with van der Waals surface area (Å²) in [5.41, 5.74) is 1.82. The molecule has 37 heavy (non-hydrogen) atoms. The first kappa shape index (κ1) is 24.8. The Kier molecular flexibility index (Phi) is 7.36. The van der Waals surface area contributed by atoms with Crippen LogP contribution in [0, 0.1) is 5.92 Å². The Balaban J connectivity index is 1.41. The fraction of sp³-hybridized carbons (Fsp3) is 0.333. The third-order valence-corrected chi connectivity index (χ3v) is 7.74. The maximum Gasteiger partial charge on any atom is 0.319 e. The van der Waals surface area contributed by atoms with E-state index in [1.54, 1.807) is 62.7 Å². The van der Waals surface area contributed by atoms with Crippen molar-refractivity contribution < 1.29 is 19.5 Å².